The molecule has 0 unspecified atom stereocenters. The van der Waals surface area contributed by atoms with Crippen LogP contribution in [0.5, 0.6) is 0 Å². The minimum absolute atomic E-state index is 0. The van der Waals surface area contributed by atoms with Crippen molar-refractivity contribution in [1.29, 1.82) is 0 Å². The zero-order chi connectivity index (χ0) is 50.0. The molecule has 0 spiro atoms. The zero-order valence-corrected chi connectivity index (χ0v) is 41.5. The topological polar surface area (TPSA) is 131 Å². The highest BCUT2D eigenvalue weighted by Crippen LogP contribution is 2.27. The number of carbonyl (C=O) groups is 4. The molecule has 2 aliphatic rings. The smallest absolute Gasteiger partial charge is 0.285 e. The van der Waals surface area contributed by atoms with E-state index in [4.69, 9.17) is 45.8 Å². The first-order valence-corrected chi connectivity index (χ1v) is 21.9. The van der Waals surface area contributed by atoms with Crippen LogP contribution in [0, 0.1) is 62.5 Å². The Morgan fingerprint density at radius 3 is 1.26 bits per heavy atom. The Labute approximate surface area is 438 Å². The molecule has 0 saturated carbocycles. The number of H-pyrrole nitrogens is 1. The summed E-state index contributed by atoms with van der Waals surface area (Å²) in [5.41, 5.74) is 4.58. The fourth-order valence-electron chi connectivity index (χ4n) is 4.68. The second kappa shape index (κ2) is 32.3. The van der Waals surface area contributed by atoms with E-state index in [-0.39, 0.29) is 56.4 Å². The minimum atomic E-state index is -1.46. The number of aromatic amines is 1. The van der Waals surface area contributed by atoms with E-state index in [0.717, 1.165) is 31.8 Å². The van der Waals surface area contributed by atoms with E-state index in [0.29, 0.717) is 10.0 Å². The molecular weight excluding hydrogens is 1030 g/mol. The lowest BCUT2D eigenvalue weighted by Gasteiger charge is -2.04. The maximum Gasteiger partial charge on any atom is 0.285 e. The van der Waals surface area contributed by atoms with Gasteiger partial charge < -0.3 is 4.98 Å². The molecule has 3 N–H and O–H groups in total. The molecule has 1 saturated heterocycles. The lowest BCUT2D eigenvalue weighted by molar-refractivity contribution is -0.171. The maximum absolute atomic E-state index is 12.6. The number of amides is 4. The van der Waals surface area contributed by atoms with E-state index in [2.05, 4.69) is 69.3 Å². The van der Waals surface area contributed by atoms with Crippen LogP contribution in [0.1, 0.15) is 83.7 Å². The van der Waals surface area contributed by atoms with Crippen LogP contribution in [-0.4, -0.2) is 49.2 Å². The molecule has 0 radical (unpaired) electrons. The zero-order valence-electron chi connectivity index (χ0n) is 35.6. The van der Waals surface area contributed by atoms with Crippen molar-refractivity contribution in [3.8, 4) is 0 Å². The Balaban J connectivity index is 0. The standard InChI is InChI=1S/C8H5NO3.C7H6Cl2S.C7H4F4S.2C7H8S.C6H7NS.C4H5NO3.3CH4/c10-7-5-3-1-2-4-6(5)8(11)9(7)12;1-4-2-6(9)7(10)3-5(4)8;1-2-3(8)5(10)7(12)6(11)4(2)9;2*1-6-2-4-7(8)5-3-6;1-5-2-3-6(8)7-4-5;6-3-1-2-4(7)5(3)8;;;/h1-4,12H;2-3,10H,1H3;12H,1H3;2*2-5,8H,1H3;2-4H,1H3,(H,7,8);8H,1-2H2;3*1H4. The molecule has 1 fully saturated rings. The lowest BCUT2D eigenvalue weighted by atomic mass is 10.1. The SMILES string of the molecule is C.C.C.Cc1c(F)c(F)c(S)c(F)c1F.Cc1cc(Cl)c(S)cc1Cl.Cc1ccc(=S)[nH]c1.Cc1ccc(S)cc1.Cc1ccc(S)cc1.O=C1CCC(=O)N1O.O=C1c2ccccc2C(=O)N1O. The van der Waals surface area contributed by atoms with Gasteiger partial charge in [-0.1, -0.05) is 111 Å². The summed E-state index contributed by atoms with van der Waals surface area (Å²) < 4.78 is 51.1. The summed E-state index contributed by atoms with van der Waals surface area (Å²) in [6.07, 6.45) is 2.19. The largest absolute Gasteiger partial charge is 0.353 e. The summed E-state index contributed by atoms with van der Waals surface area (Å²) in [5, 5.41) is 19.0. The molecule has 5 aromatic carbocycles. The molecule has 0 aliphatic carbocycles. The molecule has 20 heteroatoms. The number of nitrogens with one attached hydrogen (secondary N) is 1. The van der Waals surface area contributed by atoms with Gasteiger partial charge in [-0.05, 0) is 100 Å². The first kappa shape index (κ1) is 66.5. The quantitative estimate of drug-likeness (QED) is 0.0201. The molecule has 4 amide bonds. The number of fused-ring (bicyclic) bond motifs is 1. The number of thiol groups is 4. The van der Waals surface area contributed by atoms with Crippen LogP contribution >= 0.6 is 85.9 Å². The van der Waals surface area contributed by atoms with Gasteiger partial charge in [-0.25, -0.2) is 17.6 Å². The summed E-state index contributed by atoms with van der Waals surface area (Å²) in [5.74, 6) is -8.06. The highest BCUT2D eigenvalue weighted by atomic mass is 35.5. The monoisotopic (exact) mass is 1090 g/mol. The van der Waals surface area contributed by atoms with Gasteiger partial charge in [0, 0.05) is 44.3 Å². The number of nitrogens with zero attached hydrogens (tertiary/aromatic N) is 2. The van der Waals surface area contributed by atoms with Gasteiger partial charge in [-0.15, -0.1) is 55.6 Å². The van der Waals surface area contributed by atoms with Gasteiger partial charge in [0.05, 0.1) is 21.0 Å². The Kier molecular flexibility index (Phi) is 31.1. The van der Waals surface area contributed by atoms with Crippen LogP contribution in [0.25, 0.3) is 0 Å². The van der Waals surface area contributed by atoms with Crippen molar-refractivity contribution in [2.45, 2.75) is 89.3 Å². The molecule has 2 aliphatic heterocycles. The summed E-state index contributed by atoms with van der Waals surface area (Å²) >= 11 is 32.0. The number of imide groups is 2. The van der Waals surface area contributed by atoms with Crippen LogP contribution in [0.3, 0.4) is 0 Å². The lowest BCUT2D eigenvalue weighted by Crippen LogP contribution is -2.25. The van der Waals surface area contributed by atoms with Gasteiger partial charge >= 0.3 is 0 Å². The van der Waals surface area contributed by atoms with Crippen LogP contribution in [-0.2, 0) is 9.59 Å². The van der Waals surface area contributed by atoms with E-state index in [9.17, 15) is 36.7 Å². The van der Waals surface area contributed by atoms with Crippen molar-refractivity contribution in [1.82, 2.24) is 15.1 Å². The molecule has 3 heterocycles. The van der Waals surface area contributed by atoms with Crippen LogP contribution < -0.4 is 0 Å². The second-order valence-corrected chi connectivity index (χ2v) is 17.0. The second-order valence-electron chi connectivity index (χ2n) is 13.8. The number of hydroxylamine groups is 4. The first-order chi connectivity index (χ1) is 30.9. The summed E-state index contributed by atoms with van der Waals surface area (Å²) in [6.45, 7) is 9.00. The maximum atomic E-state index is 12.6. The summed E-state index contributed by atoms with van der Waals surface area (Å²) in [7, 11) is 0. The number of aromatic nitrogens is 1. The number of hydrogen-bond donors (Lipinski definition) is 7. The third kappa shape index (κ3) is 21.5. The molecule has 9 nitrogen and oxygen atoms in total. The van der Waals surface area contributed by atoms with E-state index in [1.807, 2.05) is 80.7 Å². The summed E-state index contributed by atoms with van der Waals surface area (Å²) in [4.78, 5) is 47.4. The number of hydrogen-bond acceptors (Lipinski definition) is 11. The van der Waals surface area contributed by atoms with Gasteiger partial charge in [-0.3, -0.25) is 29.6 Å². The molecule has 6 aromatic rings. The van der Waals surface area contributed by atoms with Crippen molar-refractivity contribution in [3.63, 3.8) is 0 Å². The van der Waals surface area contributed by atoms with Gasteiger partial charge in [0.15, 0.2) is 23.3 Å². The Morgan fingerprint density at radius 2 is 0.957 bits per heavy atom. The number of carbonyl (C=O) groups excluding carboxylic acids is 4. The van der Waals surface area contributed by atoms with E-state index >= 15 is 0 Å². The average molecular weight is 1090 g/mol. The Bertz CT molecular complexity index is 2400. The molecule has 1 aromatic heterocycles. The molecular formula is C49H55Cl2F4N3O6S5. The third-order valence-corrected chi connectivity index (χ3v) is 11.0. The van der Waals surface area contributed by atoms with Gasteiger partial charge in [0.2, 0.25) is 0 Å². The number of rotatable bonds is 0. The number of pyridine rings is 1. The van der Waals surface area contributed by atoms with Gasteiger partial charge in [0.1, 0.15) is 4.64 Å². The van der Waals surface area contributed by atoms with E-state index in [1.54, 1.807) is 24.3 Å². The van der Waals surface area contributed by atoms with Crippen molar-refractivity contribution < 1.29 is 47.2 Å². The number of aryl methyl sites for hydroxylation is 4. The fraction of sp³-hybridized carbons (Fsp3) is 0.204. The molecule has 0 bridgehead atoms. The first-order valence-electron chi connectivity index (χ1n) is 18.9. The average Bonchev–Trinajstić information content (AvgIpc) is 3.71. The highest BCUT2D eigenvalue weighted by Gasteiger charge is 2.34. The highest BCUT2D eigenvalue weighted by molar-refractivity contribution is 7.80. The van der Waals surface area contributed by atoms with Gasteiger partial charge in [0.25, 0.3) is 23.6 Å². The number of halogens is 6. The predicted octanol–water partition coefficient (Wildman–Crippen LogP) is 15.2. The molecule has 69 heavy (non-hydrogen) atoms. The third-order valence-electron chi connectivity index (χ3n) is 8.49. The summed E-state index contributed by atoms with van der Waals surface area (Å²) in [6, 6.07) is 29.8. The van der Waals surface area contributed by atoms with Crippen LogP contribution in [0.2, 0.25) is 10.0 Å². The normalized spacial score (nSPS) is 11.5. The van der Waals surface area contributed by atoms with Crippen molar-refractivity contribution in [3.05, 3.63) is 180 Å². The van der Waals surface area contributed by atoms with Crippen molar-refractivity contribution in [2.75, 3.05) is 0 Å². The molecule has 8 rings (SSSR count). The predicted molar refractivity (Wildman–Crippen MR) is 282 cm³/mol. The molecule has 374 valence electrons. The molecule has 0 atom stereocenters. The minimum Gasteiger partial charge on any atom is -0.353 e. The van der Waals surface area contributed by atoms with Crippen molar-refractivity contribution >= 4 is 110 Å². The van der Waals surface area contributed by atoms with E-state index < -0.39 is 57.4 Å². The Hall–Kier alpha value is -4.63. The van der Waals surface area contributed by atoms with Crippen LogP contribution in [0.4, 0.5) is 17.6 Å². The van der Waals surface area contributed by atoms with E-state index in [1.165, 1.54) is 28.8 Å². The van der Waals surface area contributed by atoms with Crippen molar-refractivity contribution in [2.24, 2.45) is 0 Å². The van der Waals surface area contributed by atoms with Gasteiger partial charge in [-0.2, -0.15) is 5.06 Å². The van der Waals surface area contributed by atoms with Crippen LogP contribution in [0.15, 0.2) is 123 Å². The Morgan fingerprint density at radius 1 is 0.565 bits per heavy atom. The fourth-order valence-corrected chi connectivity index (χ4v) is 5.96. The number of benzene rings is 5.